The number of hydrogen-bond acceptors (Lipinski definition) is 6. The molecule has 0 aliphatic carbocycles. The van der Waals surface area contributed by atoms with Crippen molar-refractivity contribution in [2.75, 3.05) is 45.9 Å². The van der Waals surface area contributed by atoms with Gasteiger partial charge >= 0.3 is 6.61 Å². The van der Waals surface area contributed by atoms with Crippen molar-refractivity contribution in [1.29, 1.82) is 0 Å². The number of carbonyl (C=O) groups excluding carboxylic acids is 2. The number of para-hydroxylation sites is 2. The van der Waals surface area contributed by atoms with Crippen LogP contribution in [0.4, 0.5) is 8.78 Å². The molecule has 0 radical (unpaired) electrons. The van der Waals surface area contributed by atoms with Crippen molar-refractivity contribution in [3.05, 3.63) is 54.1 Å². The molecule has 4 rings (SSSR count). The number of nitrogens with one attached hydrogen (secondary N) is 1. The number of amides is 2. The van der Waals surface area contributed by atoms with Gasteiger partial charge in [0.15, 0.2) is 11.5 Å². The predicted molar refractivity (Wildman–Crippen MR) is 119 cm³/mol. The van der Waals surface area contributed by atoms with Gasteiger partial charge in [0.05, 0.1) is 6.54 Å². The number of fused-ring (bicyclic) bond motifs is 1. The number of hydrogen-bond donors (Lipinski definition) is 1. The van der Waals surface area contributed by atoms with E-state index in [0.717, 1.165) is 5.56 Å². The molecule has 2 heterocycles. The number of piperazine rings is 1. The highest BCUT2D eigenvalue weighted by atomic mass is 19.3. The Balaban J connectivity index is 1.14. The Labute approximate surface area is 196 Å². The third-order valence-corrected chi connectivity index (χ3v) is 5.72. The minimum Gasteiger partial charge on any atom is -0.485 e. The summed E-state index contributed by atoms with van der Waals surface area (Å²) in [6.45, 7) is 0.232. The Hall–Kier alpha value is -3.40. The zero-order valence-corrected chi connectivity index (χ0v) is 18.6. The lowest BCUT2D eigenvalue weighted by molar-refractivity contribution is -0.143. The van der Waals surface area contributed by atoms with Crippen LogP contribution in [-0.2, 0) is 16.0 Å². The summed E-state index contributed by atoms with van der Waals surface area (Å²) in [7, 11) is 0. The molecule has 1 N–H and O–H groups in total. The van der Waals surface area contributed by atoms with E-state index in [9.17, 15) is 18.4 Å². The van der Waals surface area contributed by atoms with E-state index in [1.807, 2.05) is 17.0 Å². The molecule has 2 aromatic carbocycles. The molecule has 2 aliphatic rings. The summed E-state index contributed by atoms with van der Waals surface area (Å²) in [5.74, 6) is 1.11. The molecule has 0 saturated carbocycles. The Morgan fingerprint density at radius 3 is 2.44 bits per heavy atom. The number of nitrogens with zero attached hydrogens (tertiary/aromatic N) is 2. The van der Waals surface area contributed by atoms with Gasteiger partial charge in [-0.3, -0.25) is 14.5 Å². The van der Waals surface area contributed by atoms with E-state index in [-0.39, 0.29) is 30.7 Å². The van der Waals surface area contributed by atoms with Gasteiger partial charge in [-0.1, -0.05) is 24.3 Å². The molecular formula is C24H27F2N3O5. The smallest absolute Gasteiger partial charge is 0.387 e. The summed E-state index contributed by atoms with van der Waals surface area (Å²) in [5.41, 5.74) is 0.908. The molecular weight excluding hydrogens is 448 g/mol. The Kier molecular flexibility index (Phi) is 7.79. The van der Waals surface area contributed by atoms with Crippen LogP contribution in [0.15, 0.2) is 48.5 Å². The first-order chi connectivity index (χ1) is 16.5. The average molecular weight is 475 g/mol. The third-order valence-electron chi connectivity index (χ3n) is 5.72. The highest BCUT2D eigenvalue weighted by Gasteiger charge is 2.32. The highest BCUT2D eigenvalue weighted by Crippen LogP contribution is 2.31. The summed E-state index contributed by atoms with van der Waals surface area (Å²) < 4.78 is 40.2. The molecule has 1 fully saturated rings. The minimum absolute atomic E-state index is 0.0990. The van der Waals surface area contributed by atoms with E-state index < -0.39 is 12.7 Å². The van der Waals surface area contributed by atoms with Gasteiger partial charge in [-0.05, 0) is 36.2 Å². The Morgan fingerprint density at radius 2 is 1.74 bits per heavy atom. The van der Waals surface area contributed by atoms with Crippen molar-refractivity contribution in [3.63, 3.8) is 0 Å². The maximum Gasteiger partial charge on any atom is 0.387 e. The number of alkyl halides is 2. The van der Waals surface area contributed by atoms with Gasteiger partial charge in [0.25, 0.3) is 5.91 Å². The summed E-state index contributed by atoms with van der Waals surface area (Å²) in [5, 5.41) is 2.87. The zero-order chi connectivity index (χ0) is 23.9. The molecule has 182 valence electrons. The van der Waals surface area contributed by atoms with Gasteiger partial charge < -0.3 is 24.4 Å². The summed E-state index contributed by atoms with van der Waals surface area (Å²) >= 11 is 0. The highest BCUT2D eigenvalue weighted by molar-refractivity contribution is 5.82. The van der Waals surface area contributed by atoms with Gasteiger partial charge in [0.1, 0.15) is 12.4 Å². The first kappa shape index (κ1) is 23.7. The van der Waals surface area contributed by atoms with Crippen LogP contribution in [0.25, 0.3) is 0 Å². The molecule has 1 atom stereocenters. The Morgan fingerprint density at radius 1 is 1.03 bits per heavy atom. The summed E-state index contributed by atoms with van der Waals surface area (Å²) in [6, 6.07) is 13.6. The van der Waals surface area contributed by atoms with Crippen LogP contribution >= 0.6 is 0 Å². The summed E-state index contributed by atoms with van der Waals surface area (Å²) in [6.07, 6.45) is -0.0870. The lowest BCUT2D eigenvalue weighted by atomic mass is 10.1. The van der Waals surface area contributed by atoms with Crippen LogP contribution in [0.1, 0.15) is 5.56 Å². The maximum absolute atomic E-state index is 12.8. The van der Waals surface area contributed by atoms with Crippen LogP contribution in [0.3, 0.4) is 0 Å². The quantitative estimate of drug-likeness (QED) is 0.629. The van der Waals surface area contributed by atoms with Crippen LogP contribution in [-0.4, -0.2) is 80.2 Å². The van der Waals surface area contributed by atoms with Crippen molar-refractivity contribution in [2.45, 2.75) is 19.1 Å². The van der Waals surface area contributed by atoms with Gasteiger partial charge in [0.2, 0.25) is 12.0 Å². The molecule has 34 heavy (non-hydrogen) atoms. The van der Waals surface area contributed by atoms with Gasteiger partial charge in [-0.15, -0.1) is 0 Å². The van der Waals surface area contributed by atoms with Crippen LogP contribution in [0.5, 0.6) is 17.2 Å². The molecule has 0 bridgehead atoms. The van der Waals surface area contributed by atoms with Gasteiger partial charge in [-0.25, -0.2) is 0 Å². The second-order valence-electron chi connectivity index (χ2n) is 8.09. The van der Waals surface area contributed by atoms with E-state index in [1.54, 1.807) is 29.2 Å². The zero-order valence-electron chi connectivity index (χ0n) is 18.6. The first-order valence-corrected chi connectivity index (χ1v) is 11.2. The number of carbonyl (C=O) groups is 2. The van der Waals surface area contributed by atoms with Crippen molar-refractivity contribution >= 4 is 11.8 Å². The van der Waals surface area contributed by atoms with E-state index >= 15 is 0 Å². The lowest BCUT2D eigenvalue weighted by Crippen LogP contribution is -2.55. The molecule has 1 unspecified atom stereocenters. The van der Waals surface area contributed by atoms with Crippen LogP contribution in [0.2, 0.25) is 0 Å². The van der Waals surface area contributed by atoms with Crippen LogP contribution < -0.4 is 19.5 Å². The monoisotopic (exact) mass is 475 g/mol. The molecule has 1 saturated heterocycles. The van der Waals surface area contributed by atoms with Crippen molar-refractivity contribution < 1.29 is 32.6 Å². The Bertz CT molecular complexity index is 981. The molecule has 8 nitrogen and oxygen atoms in total. The molecule has 0 spiro atoms. The van der Waals surface area contributed by atoms with Crippen molar-refractivity contribution in [2.24, 2.45) is 0 Å². The maximum atomic E-state index is 12.8. The van der Waals surface area contributed by atoms with E-state index in [4.69, 9.17) is 9.47 Å². The number of benzene rings is 2. The first-order valence-electron chi connectivity index (χ1n) is 11.2. The molecule has 2 aromatic rings. The van der Waals surface area contributed by atoms with E-state index in [0.29, 0.717) is 50.6 Å². The van der Waals surface area contributed by atoms with E-state index in [2.05, 4.69) is 10.1 Å². The molecule has 10 heteroatoms. The fraction of sp³-hybridized carbons (Fsp3) is 0.417. The molecule has 2 amide bonds. The molecule has 0 aromatic heterocycles. The molecule has 2 aliphatic heterocycles. The largest absolute Gasteiger partial charge is 0.485 e. The third kappa shape index (κ3) is 6.34. The second-order valence-corrected chi connectivity index (χ2v) is 8.09. The summed E-state index contributed by atoms with van der Waals surface area (Å²) in [4.78, 5) is 28.9. The van der Waals surface area contributed by atoms with Crippen molar-refractivity contribution in [3.8, 4) is 17.2 Å². The standard InChI is InChI=1S/C24H27F2N3O5/c25-24(26)33-18-7-5-17(6-8-18)9-10-27-22(30)15-28-11-13-29(14-12-28)23(31)21-16-32-19-3-1-2-4-20(19)34-21/h1-8,21,24H,9-16H2,(H,27,30). The number of rotatable bonds is 8. The SMILES string of the molecule is O=C(CN1CCN(C(=O)C2COc3ccccc3O2)CC1)NCCc1ccc(OC(F)F)cc1. The number of halogens is 2. The van der Waals surface area contributed by atoms with Gasteiger partial charge in [-0.2, -0.15) is 8.78 Å². The second kappa shape index (κ2) is 11.1. The topological polar surface area (TPSA) is 80.3 Å². The minimum atomic E-state index is -2.85. The van der Waals surface area contributed by atoms with Gasteiger partial charge in [0, 0.05) is 32.7 Å². The fourth-order valence-corrected chi connectivity index (χ4v) is 3.91. The van der Waals surface area contributed by atoms with Crippen molar-refractivity contribution in [1.82, 2.24) is 15.1 Å². The normalized spacial score (nSPS) is 18.0. The average Bonchev–Trinajstić information content (AvgIpc) is 2.84. The van der Waals surface area contributed by atoms with E-state index in [1.165, 1.54) is 12.1 Å². The lowest BCUT2D eigenvalue weighted by Gasteiger charge is -2.36. The number of ether oxygens (including phenoxy) is 3. The predicted octanol–water partition coefficient (Wildman–Crippen LogP) is 1.93. The van der Waals surface area contributed by atoms with Crippen LogP contribution in [0, 0.1) is 0 Å². The fourth-order valence-electron chi connectivity index (χ4n) is 3.91.